The fourth-order valence-electron chi connectivity index (χ4n) is 4.26. The van der Waals surface area contributed by atoms with Crippen LogP contribution in [0.3, 0.4) is 0 Å². The van der Waals surface area contributed by atoms with E-state index in [-0.39, 0.29) is 17.7 Å². The Hall–Kier alpha value is -3.66. The number of aromatic nitrogens is 1. The van der Waals surface area contributed by atoms with E-state index in [0.29, 0.717) is 5.52 Å². The third-order valence-electron chi connectivity index (χ3n) is 5.85. The Balaban J connectivity index is 1.66. The van der Waals surface area contributed by atoms with Gasteiger partial charge in [0.2, 0.25) is 0 Å². The van der Waals surface area contributed by atoms with Crippen molar-refractivity contribution in [1.29, 1.82) is 0 Å². The molecule has 1 N–H and O–H groups in total. The van der Waals surface area contributed by atoms with Crippen LogP contribution in [0.15, 0.2) is 90.2 Å². The summed E-state index contributed by atoms with van der Waals surface area (Å²) in [7, 11) is 0. The van der Waals surface area contributed by atoms with Gasteiger partial charge in [0.05, 0.1) is 17.4 Å². The quantitative estimate of drug-likeness (QED) is 0.475. The Morgan fingerprint density at radius 3 is 2.40 bits per heavy atom. The number of fused-ring (bicyclic) bond motifs is 1. The Labute approximate surface area is 176 Å². The number of aromatic hydroxyl groups is 1. The maximum Gasteiger partial charge on any atom is 0.147 e. The smallest absolute Gasteiger partial charge is 0.147 e. The van der Waals surface area contributed by atoms with Crippen LogP contribution in [0.4, 0.5) is 5.69 Å². The van der Waals surface area contributed by atoms with Gasteiger partial charge in [-0.2, -0.15) is 5.10 Å². The number of hydrogen-bond acceptors (Lipinski definition) is 4. The number of anilines is 1. The molecule has 5 rings (SSSR count). The van der Waals surface area contributed by atoms with E-state index in [2.05, 4.69) is 55.2 Å². The van der Waals surface area contributed by atoms with Gasteiger partial charge in [0, 0.05) is 23.1 Å². The van der Waals surface area contributed by atoms with Crippen LogP contribution in [-0.2, 0) is 0 Å². The zero-order chi connectivity index (χ0) is 20.7. The number of pyridine rings is 1. The second-order valence-corrected chi connectivity index (χ2v) is 7.84. The molecule has 0 saturated carbocycles. The van der Waals surface area contributed by atoms with Gasteiger partial charge in [0.1, 0.15) is 11.3 Å². The van der Waals surface area contributed by atoms with Gasteiger partial charge in [-0.3, -0.25) is 9.99 Å². The third-order valence-corrected chi connectivity index (χ3v) is 5.85. The Morgan fingerprint density at radius 2 is 1.63 bits per heavy atom. The second-order valence-electron chi connectivity index (χ2n) is 7.84. The summed E-state index contributed by atoms with van der Waals surface area (Å²) < 4.78 is 0. The van der Waals surface area contributed by atoms with E-state index in [1.807, 2.05) is 47.5 Å². The molecule has 4 heteroatoms. The summed E-state index contributed by atoms with van der Waals surface area (Å²) >= 11 is 0. The molecule has 1 aliphatic heterocycles. The van der Waals surface area contributed by atoms with Crippen LogP contribution in [0.25, 0.3) is 10.9 Å². The molecule has 0 spiro atoms. The van der Waals surface area contributed by atoms with E-state index < -0.39 is 0 Å². The number of benzene rings is 3. The van der Waals surface area contributed by atoms with Gasteiger partial charge < -0.3 is 5.11 Å². The van der Waals surface area contributed by atoms with Crippen molar-refractivity contribution < 1.29 is 5.11 Å². The summed E-state index contributed by atoms with van der Waals surface area (Å²) in [5.41, 5.74) is 5.80. The molecule has 30 heavy (non-hydrogen) atoms. The van der Waals surface area contributed by atoms with Gasteiger partial charge in [-0.25, -0.2) is 0 Å². The number of rotatable bonds is 3. The predicted octanol–water partition coefficient (Wildman–Crippen LogP) is 5.85. The maximum absolute atomic E-state index is 11.1. The number of para-hydroxylation sites is 1. The molecule has 0 unspecified atom stereocenters. The first-order chi connectivity index (χ1) is 14.6. The highest BCUT2D eigenvalue weighted by atomic mass is 16.3. The molecule has 2 atom stereocenters. The molecule has 0 bridgehead atoms. The normalized spacial score (nSPS) is 18.6. The third kappa shape index (κ3) is 3.01. The van der Waals surface area contributed by atoms with Crippen molar-refractivity contribution in [1.82, 2.24) is 4.98 Å². The van der Waals surface area contributed by atoms with Crippen LogP contribution in [-0.4, -0.2) is 15.8 Å². The average Bonchev–Trinajstić information content (AvgIpc) is 3.12. The molecule has 0 aliphatic carbocycles. The summed E-state index contributed by atoms with van der Waals surface area (Å²) in [5, 5.41) is 19.1. The largest absolute Gasteiger partial charge is 0.505 e. The van der Waals surface area contributed by atoms with Gasteiger partial charge >= 0.3 is 0 Å². The molecule has 2 heterocycles. The molecule has 4 nitrogen and oxygen atoms in total. The minimum absolute atomic E-state index is 0.0833. The molecule has 1 aromatic heterocycles. The van der Waals surface area contributed by atoms with E-state index >= 15 is 0 Å². The molecule has 3 aromatic carbocycles. The lowest BCUT2D eigenvalue weighted by molar-refractivity contribution is 0.457. The first kappa shape index (κ1) is 18.4. The maximum atomic E-state index is 11.1. The van der Waals surface area contributed by atoms with Crippen molar-refractivity contribution in [3.05, 3.63) is 102 Å². The van der Waals surface area contributed by atoms with Crippen LogP contribution in [0.1, 0.15) is 29.7 Å². The van der Waals surface area contributed by atoms with Crippen molar-refractivity contribution in [2.45, 2.75) is 19.9 Å². The summed E-state index contributed by atoms with van der Waals surface area (Å²) in [6, 6.07) is 26.4. The van der Waals surface area contributed by atoms with Crippen molar-refractivity contribution in [2.24, 2.45) is 11.0 Å². The minimum Gasteiger partial charge on any atom is -0.505 e. The number of phenolic OH excluding ortho intramolecular Hbond substituents is 1. The van der Waals surface area contributed by atoms with E-state index in [9.17, 15) is 5.11 Å². The van der Waals surface area contributed by atoms with Gasteiger partial charge in [0.15, 0.2) is 0 Å². The van der Waals surface area contributed by atoms with Gasteiger partial charge in [-0.1, -0.05) is 73.2 Å². The lowest BCUT2D eigenvalue weighted by Crippen LogP contribution is -2.24. The Kier molecular flexibility index (Phi) is 4.47. The molecule has 4 aromatic rings. The topological polar surface area (TPSA) is 48.7 Å². The number of nitrogens with zero attached hydrogens (tertiary/aromatic N) is 3. The zero-order valence-corrected chi connectivity index (χ0v) is 17.0. The molecular weight excluding hydrogens is 370 g/mol. The number of aryl methyl sites for hydroxylation is 1. The number of hydrogen-bond donors (Lipinski definition) is 1. The molecule has 0 amide bonds. The summed E-state index contributed by atoms with van der Waals surface area (Å²) in [6.45, 7) is 4.26. The molecular formula is C26H23N3O. The van der Waals surface area contributed by atoms with Crippen molar-refractivity contribution >= 4 is 22.3 Å². The van der Waals surface area contributed by atoms with Crippen LogP contribution in [0, 0.1) is 12.8 Å². The molecule has 0 saturated heterocycles. The van der Waals surface area contributed by atoms with E-state index in [1.54, 1.807) is 6.20 Å². The molecule has 1 aliphatic rings. The molecule has 0 fully saturated rings. The van der Waals surface area contributed by atoms with Crippen LogP contribution >= 0.6 is 0 Å². The lowest BCUT2D eigenvalue weighted by Gasteiger charge is -2.27. The Bertz CT molecular complexity index is 1230. The van der Waals surface area contributed by atoms with E-state index in [0.717, 1.165) is 27.9 Å². The fraction of sp³-hybridized carbons (Fsp3) is 0.154. The summed E-state index contributed by atoms with van der Waals surface area (Å²) in [6.07, 6.45) is 1.72. The van der Waals surface area contributed by atoms with Crippen LogP contribution in [0.2, 0.25) is 0 Å². The van der Waals surface area contributed by atoms with E-state index in [1.165, 1.54) is 5.56 Å². The first-order valence-electron chi connectivity index (χ1n) is 10.2. The van der Waals surface area contributed by atoms with Crippen molar-refractivity contribution in [3.63, 3.8) is 0 Å². The lowest BCUT2D eigenvalue weighted by atomic mass is 9.87. The zero-order valence-electron chi connectivity index (χ0n) is 17.0. The van der Waals surface area contributed by atoms with Crippen molar-refractivity contribution in [3.8, 4) is 5.75 Å². The average molecular weight is 393 g/mol. The monoisotopic (exact) mass is 393 g/mol. The number of phenols is 1. The van der Waals surface area contributed by atoms with Gasteiger partial charge in [-0.05, 0) is 30.7 Å². The Morgan fingerprint density at radius 1 is 0.867 bits per heavy atom. The van der Waals surface area contributed by atoms with Crippen LogP contribution in [0.5, 0.6) is 5.75 Å². The van der Waals surface area contributed by atoms with Crippen molar-refractivity contribution in [2.75, 3.05) is 5.01 Å². The molecule has 148 valence electrons. The number of hydrazone groups is 1. The SMILES string of the molecule is Cc1ccc(C2=NN(c3ccccc3)[C@H](c3ccc4cccnc4c3O)[C@H]2C)cc1. The van der Waals surface area contributed by atoms with Crippen LogP contribution < -0.4 is 5.01 Å². The fourth-order valence-corrected chi connectivity index (χ4v) is 4.26. The standard InChI is InChI=1S/C26H23N3O/c1-17-10-12-20(13-11-17)23-18(2)25(29(28-23)21-8-4-3-5-9-21)22-15-14-19-7-6-16-27-24(19)26(22)30/h3-16,18,25,30H,1-2H3/t18-,25-/m0/s1. The highest BCUT2D eigenvalue weighted by molar-refractivity contribution is 6.05. The van der Waals surface area contributed by atoms with Gasteiger partial charge in [0.25, 0.3) is 0 Å². The van der Waals surface area contributed by atoms with Gasteiger partial charge in [-0.15, -0.1) is 0 Å². The highest BCUT2D eigenvalue weighted by Gasteiger charge is 2.38. The minimum atomic E-state index is -0.130. The second kappa shape index (κ2) is 7.30. The summed E-state index contributed by atoms with van der Waals surface area (Å²) in [4.78, 5) is 4.42. The summed E-state index contributed by atoms with van der Waals surface area (Å²) in [5.74, 6) is 0.311. The first-order valence-corrected chi connectivity index (χ1v) is 10.2. The highest BCUT2D eigenvalue weighted by Crippen LogP contribution is 2.44. The molecule has 0 radical (unpaired) electrons. The predicted molar refractivity (Wildman–Crippen MR) is 122 cm³/mol. The van der Waals surface area contributed by atoms with E-state index in [4.69, 9.17) is 5.10 Å².